The predicted molar refractivity (Wildman–Crippen MR) is 160 cm³/mol. The van der Waals surface area contributed by atoms with E-state index in [9.17, 15) is 18.4 Å². The Bertz CT molecular complexity index is 781. The van der Waals surface area contributed by atoms with Crippen LogP contribution in [0.25, 0.3) is 0 Å². The van der Waals surface area contributed by atoms with Crippen molar-refractivity contribution in [2.24, 2.45) is 27.6 Å². The van der Waals surface area contributed by atoms with Crippen molar-refractivity contribution in [1.82, 2.24) is 10.6 Å². The van der Waals surface area contributed by atoms with Gasteiger partial charge in [0.05, 0.1) is 13.2 Å². The number of ether oxygens (including phenoxy) is 2. The number of amides is 2. The number of alkyl halides is 2. The Morgan fingerprint density at radius 1 is 0.800 bits per heavy atom. The van der Waals surface area contributed by atoms with Crippen molar-refractivity contribution in [3.8, 4) is 0 Å². The van der Waals surface area contributed by atoms with Crippen molar-refractivity contribution in [2.75, 3.05) is 39.5 Å². The second-order valence-electron chi connectivity index (χ2n) is 15.3. The smallest absolute Gasteiger partial charge is 0.324 e. The van der Waals surface area contributed by atoms with Gasteiger partial charge in [0.15, 0.2) is 0 Å². The van der Waals surface area contributed by atoms with E-state index < -0.39 is 23.7 Å². The van der Waals surface area contributed by atoms with Gasteiger partial charge in [-0.2, -0.15) is 8.78 Å². The third-order valence-corrected chi connectivity index (χ3v) is 6.49. The average Bonchev–Trinajstić information content (AvgIpc) is 2.80. The minimum absolute atomic E-state index is 0.0288. The molecule has 2 amide bonds. The largest absolute Gasteiger partial charge is 0.381 e. The van der Waals surface area contributed by atoms with Crippen molar-refractivity contribution in [3.05, 3.63) is 12.2 Å². The van der Waals surface area contributed by atoms with Crippen LogP contribution in [0.4, 0.5) is 8.78 Å². The van der Waals surface area contributed by atoms with E-state index in [0.717, 1.165) is 12.8 Å². The molecule has 0 aromatic rings. The van der Waals surface area contributed by atoms with Crippen molar-refractivity contribution in [1.29, 1.82) is 0 Å². The Kier molecular flexibility index (Phi) is 16.1. The Labute approximate surface area is 243 Å². The van der Waals surface area contributed by atoms with E-state index in [0.29, 0.717) is 32.8 Å². The van der Waals surface area contributed by atoms with E-state index in [1.807, 2.05) is 46.8 Å². The maximum Gasteiger partial charge on any atom is 0.324 e. The fraction of sp³-hybridized carbons (Fsp3) is 0.875. The lowest BCUT2D eigenvalue weighted by Gasteiger charge is -2.29. The van der Waals surface area contributed by atoms with E-state index >= 15 is 0 Å². The highest BCUT2D eigenvalue weighted by Gasteiger charge is 2.38. The second kappa shape index (κ2) is 16.8. The molecule has 0 saturated carbocycles. The number of rotatable bonds is 19. The summed E-state index contributed by atoms with van der Waals surface area (Å²) < 4.78 is 39.4. The summed E-state index contributed by atoms with van der Waals surface area (Å²) in [5.41, 5.74) is -0.709. The number of nitrogens with one attached hydrogen (secondary N) is 2. The fourth-order valence-electron chi connectivity index (χ4n) is 3.61. The van der Waals surface area contributed by atoms with E-state index in [1.54, 1.807) is 0 Å². The molecule has 0 aliphatic heterocycles. The first-order chi connectivity index (χ1) is 18.1. The van der Waals surface area contributed by atoms with Crippen LogP contribution in [-0.4, -0.2) is 57.3 Å². The molecule has 0 saturated heterocycles. The highest BCUT2D eigenvalue weighted by molar-refractivity contribution is 5.83. The van der Waals surface area contributed by atoms with Crippen LogP contribution in [0, 0.1) is 27.6 Å². The highest BCUT2D eigenvalue weighted by Crippen LogP contribution is 2.27. The van der Waals surface area contributed by atoms with Crippen LogP contribution in [0.1, 0.15) is 108 Å². The summed E-state index contributed by atoms with van der Waals surface area (Å²) in [6, 6.07) is 0. The molecule has 0 spiro atoms. The molecular formula is C32H60F2N2O4. The second-order valence-corrected chi connectivity index (χ2v) is 15.3. The molecule has 40 heavy (non-hydrogen) atoms. The van der Waals surface area contributed by atoms with Gasteiger partial charge < -0.3 is 20.1 Å². The molecule has 236 valence electrons. The molecule has 0 aliphatic rings. The number of allylic oxidation sites excluding steroid dienone is 1. The summed E-state index contributed by atoms with van der Waals surface area (Å²) in [5.74, 6) is -4.32. The summed E-state index contributed by atoms with van der Waals surface area (Å²) in [4.78, 5) is 24.6. The first-order valence-corrected chi connectivity index (χ1v) is 14.8. The first kappa shape index (κ1) is 38.5. The lowest BCUT2D eigenvalue weighted by Crippen LogP contribution is -2.43. The zero-order chi connectivity index (χ0) is 31.3. The summed E-state index contributed by atoms with van der Waals surface area (Å²) in [6.07, 6.45) is 6.02. The number of hydrogen-bond acceptors (Lipinski definition) is 4. The molecule has 0 heterocycles. The molecule has 2 N–H and O–H groups in total. The lowest BCUT2D eigenvalue weighted by molar-refractivity contribution is -0.147. The van der Waals surface area contributed by atoms with Gasteiger partial charge in [0, 0.05) is 38.1 Å². The zero-order valence-electron chi connectivity index (χ0n) is 27.4. The molecule has 0 radical (unpaired) electrons. The fourth-order valence-corrected chi connectivity index (χ4v) is 3.61. The molecule has 0 bridgehead atoms. The van der Waals surface area contributed by atoms with Crippen LogP contribution < -0.4 is 10.6 Å². The molecule has 1 unspecified atom stereocenters. The minimum Gasteiger partial charge on any atom is -0.381 e. The lowest BCUT2D eigenvalue weighted by atomic mass is 9.83. The molecule has 0 fully saturated rings. The van der Waals surface area contributed by atoms with Crippen molar-refractivity contribution < 1.29 is 27.8 Å². The highest BCUT2D eigenvalue weighted by atomic mass is 19.3. The Morgan fingerprint density at radius 3 is 1.98 bits per heavy atom. The van der Waals surface area contributed by atoms with Gasteiger partial charge in [-0.25, -0.2) is 0 Å². The SMILES string of the molecule is CC(CCC(C)(C)CNC(=O)C(C)(C)C/C=C/COCC(C)(C)C)COCCCC(F)(F)C(=O)NCC(C)(C)C. The quantitative estimate of drug-likeness (QED) is 0.127. The molecule has 0 aromatic heterocycles. The molecule has 6 nitrogen and oxygen atoms in total. The molecule has 0 rings (SSSR count). The average molecular weight is 575 g/mol. The van der Waals surface area contributed by atoms with E-state index in [2.05, 4.69) is 52.2 Å². The van der Waals surface area contributed by atoms with E-state index in [-0.39, 0.29) is 47.6 Å². The van der Waals surface area contributed by atoms with Crippen molar-refractivity contribution in [3.63, 3.8) is 0 Å². The predicted octanol–water partition coefficient (Wildman–Crippen LogP) is 7.17. The van der Waals surface area contributed by atoms with Crippen molar-refractivity contribution in [2.45, 2.75) is 114 Å². The number of carbonyl (C=O) groups excluding carboxylic acids is 2. The van der Waals surface area contributed by atoms with Gasteiger partial charge >= 0.3 is 5.92 Å². The van der Waals surface area contributed by atoms with Crippen LogP contribution in [0.2, 0.25) is 0 Å². The summed E-state index contributed by atoms with van der Waals surface area (Å²) >= 11 is 0. The van der Waals surface area contributed by atoms with Gasteiger partial charge in [-0.1, -0.05) is 88.3 Å². The monoisotopic (exact) mass is 574 g/mol. The van der Waals surface area contributed by atoms with Gasteiger partial charge in [-0.05, 0) is 47.8 Å². The Balaban J connectivity index is 4.26. The van der Waals surface area contributed by atoms with Gasteiger partial charge in [-0.15, -0.1) is 0 Å². The molecular weight excluding hydrogens is 514 g/mol. The Morgan fingerprint density at radius 2 is 1.40 bits per heavy atom. The minimum atomic E-state index is -3.39. The van der Waals surface area contributed by atoms with Gasteiger partial charge in [0.2, 0.25) is 5.91 Å². The van der Waals surface area contributed by atoms with Gasteiger partial charge in [0.1, 0.15) is 0 Å². The molecule has 1 atom stereocenters. The third kappa shape index (κ3) is 19.5. The Hall–Kier alpha value is -1.54. The van der Waals surface area contributed by atoms with Gasteiger partial charge in [0.25, 0.3) is 5.91 Å². The summed E-state index contributed by atoms with van der Waals surface area (Å²) in [7, 11) is 0. The van der Waals surface area contributed by atoms with Crippen LogP contribution in [-0.2, 0) is 19.1 Å². The standard InChI is InChI=1S/C32H60F2N2O4/c1-25(21-39-20-14-17-32(33,34)27(38)35-22-28(2,3)4)15-18-30(8,9)23-36-26(37)31(10,11)16-12-13-19-40-24-29(5,6)7/h12-13,25H,14-24H2,1-11H3,(H,35,38)(H,36,37)/b13-12+. The number of halogens is 2. The third-order valence-electron chi connectivity index (χ3n) is 6.49. The topological polar surface area (TPSA) is 76.7 Å². The van der Waals surface area contributed by atoms with E-state index in [1.165, 1.54) is 0 Å². The molecule has 0 aliphatic carbocycles. The number of hydrogen-bond donors (Lipinski definition) is 2. The maximum absolute atomic E-state index is 14.1. The summed E-state index contributed by atoms with van der Waals surface area (Å²) in [6.45, 7) is 25.0. The van der Waals surface area contributed by atoms with Crippen LogP contribution >= 0.6 is 0 Å². The van der Waals surface area contributed by atoms with Crippen LogP contribution in [0.15, 0.2) is 12.2 Å². The maximum atomic E-state index is 14.1. The first-order valence-electron chi connectivity index (χ1n) is 14.8. The van der Waals surface area contributed by atoms with Gasteiger partial charge in [-0.3, -0.25) is 9.59 Å². The normalized spacial score (nSPS) is 14.4. The van der Waals surface area contributed by atoms with E-state index in [4.69, 9.17) is 9.47 Å². The zero-order valence-corrected chi connectivity index (χ0v) is 27.4. The van der Waals surface area contributed by atoms with Crippen LogP contribution in [0.5, 0.6) is 0 Å². The van der Waals surface area contributed by atoms with Crippen LogP contribution in [0.3, 0.4) is 0 Å². The molecule has 0 aromatic carbocycles. The molecule has 8 heteroatoms. The van der Waals surface area contributed by atoms with Crippen molar-refractivity contribution >= 4 is 11.8 Å². The summed E-state index contributed by atoms with van der Waals surface area (Å²) in [5, 5.41) is 5.45. The number of carbonyl (C=O) groups is 2.